The van der Waals surface area contributed by atoms with Crippen molar-refractivity contribution in [2.24, 2.45) is 0 Å². The van der Waals surface area contributed by atoms with Crippen LogP contribution in [0.1, 0.15) is 98.7 Å². The van der Waals surface area contributed by atoms with Crippen molar-refractivity contribution in [3.05, 3.63) is 52.6 Å². The first kappa shape index (κ1) is 29.2. The number of ketones is 1. The third-order valence-corrected chi connectivity index (χ3v) is 7.11. The fourth-order valence-electron chi connectivity index (χ4n) is 5.25. The van der Waals surface area contributed by atoms with Gasteiger partial charge >= 0.3 is 11.9 Å². The normalized spacial score (nSPS) is 20.1. The largest absolute Gasteiger partial charge is 0.495 e. The Morgan fingerprint density at radius 3 is 2.48 bits per heavy atom. The molecule has 40 heavy (non-hydrogen) atoms. The number of hydrogen-bond acceptors (Lipinski definition) is 8. The van der Waals surface area contributed by atoms with E-state index in [1.165, 1.54) is 7.11 Å². The van der Waals surface area contributed by atoms with E-state index in [0.717, 1.165) is 12.0 Å². The number of rotatable bonds is 5. The Kier molecular flexibility index (Phi) is 9.50. The Morgan fingerprint density at radius 1 is 0.975 bits per heavy atom. The van der Waals surface area contributed by atoms with E-state index in [9.17, 15) is 14.4 Å². The standard InChI is InChI=1S/C32H38O8/c1-19(2)38-26-16-21(14-15-25(26)36-4)24-18-28(34)40-27-17-22-11-7-6-8-12-23(33)13-9-10-20(3)39-32(35)29(22)31(37-5)30(24)27/h7,11,14-17,19-20,24H,6,8-10,12-13,18H2,1-5H3/t20-,24-/m0/s1. The predicted octanol–water partition coefficient (Wildman–Crippen LogP) is 6.41. The van der Waals surface area contributed by atoms with Crippen LogP contribution in [-0.2, 0) is 14.3 Å². The topological polar surface area (TPSA) is 97.4 Å². The third kappa shape index (κ3) is 6.66. The molecule has 214 valence electrons. The van der Waals surface area contributed by atoms with E-state index in [1.807, 2.05) is 45.0 Å². The molecule has 0 saturated heterocycles. The molecule has 0 aliphatic carbocycles. The third-order valence-electron chi connectivity index (χ3n) is 7.11. The minimum Gasteiger partial charge on any atom is -0.495 e. The molecule has 0 spiro atoms. The molecule has 2 heterocycles. The Morgan fingerprint density at radius 2 is 1.75 bits per heavy atom. The van der Waals surface area contributed by atoms with Gasteiger partial charge in [0.25, 0.3) is 0 Å². The summed E-state index contributed by atoms with van der Waals surface area (Å²) in [5.74, 6) is 0.644. The molecule has 0 bridgehead atoms. The fraction of sp³-hybridized carbons (Fsp3) is 0.469. The lowest BCUT2D eigenvalue weighted by atomic mass is 9.83. The van der Waals surface area contributed by atoms with Crippen molar-refractivity contribution in [2.45, 2.75) is 83.8 Å². The number of carbonyl (C=O) groups is 3. The van der Waals surface area contributed by atoms with Crippen molar-refractivity contribution in [3.63, 3.8) is 0 Å². The molecular formula is C32H38O8. The van der Waals surface area contributed by atoms with Gasteiger partial charge in [0.15, 0.2) is 11.5 Å². The van der Waals surface area contributed by atoms with Gasteiger partial charge in [-0.2, -0.15) is 0 Å². The van der Waals surface area contributed by atoms with E-state index in [-0.39, 0.29) is 35.9 Å². The van der Waals surface area contributed by atoms with E-state index in [2.05, 4.69) is 0 Å². The van der Waals surface area contributed by atoms with Crippen molar-refractivity contribution in [3.8, 4) is 23.0 Å². The Balaban J connectivity index is 1.86. The van der Waals surface area contributed by atoms with Crippen LogP contribution in [0.25, 0.3) is 6.08 Å². The molecule has 8 nitrogen and oxygen atoms in total. The van der Waals surface area contributed by atoms with Gasteiger partial charge in [-0.25, -0.2) is 4.79 Å². The summed E-state index contributed by atoms with van der Waals surface area (Å²) in [5, 5.41) is 0. The van der Waals surface area contributed by atoms with Crippen LogP contribution in [0.2, 0.25) is 0 Å². The van der Waals surface area contributed by atoms with E-state index in [0.29, 0.717) is 66.2 Å². The van der Waals surface area contributed by atoms with E-state index < -0.39 is 11.9 Å². The van der Waals surface area contributed by atoms with Gasteiger partial charge < -0.3 is 23.7 Å². The first-order valence-electron chi connectivity index (χ1n) is 13.9. The monoisotopic (exact) mass is 550 g/mol. The van der Waals surface area contributed by atoms with E-state index in [4.69, 9.17) is 23.7 Å². The Labute approximate surface area is 235 Å². The number of hydrogen-bond donors (Lipinski definition) is 0. The lowest BCUT2D eigenvalue weighted by Gasteiger charge is -2.29. The minimum atomic E-state index is -0.524. The maximum atomic E-state index is 13.6. The van der Waals surface area contributed by atoms with Crippen LogP contribution in [0.3, 0.4) is 0 Å². The number of benzene rings is 2. The molecule has 0 aromatic heterocycles. The summed E-state index contributed by atoms with van der Waals surface area (Å²) in [6.07, 6.45) is 6.95. The second kappa shape index (κ2) is 13.0. The molecule has 2 aliphatic rings. The first-order valence-corrected chi connectivity index (χ1v) is 13.9. The maximum absolute atomic E-state index is 13.6. The molecule has 0 N–H and O–H groups in total. The number of carbonyl (C=O) groups excluding carboxylic acids is 3. The SMILES string of the molecule is COc1ccc([C@@H]2CC(=O)Oc3cc4c(c(OC)c32)C(=O)O[C@@H](C)CCCC(=O)CCCC=C4)cc1OC(C)C. The molecule has 0 radical (unpaired) electrons. The molecule has 2 aromatic carbocycles. The highest BCUT2D eigenvalue weighted by atomic mass is 16.6. The predicted molar refractivity (Wildman–Crippen MR) is 150 cm³/mol. The summed E-state index contributed by atoms with van der Waals surface area (Å²) in [6.45, 7) is 5.68. The van der Waals surface area contributed by atoms with Crippen molar-refractivity contribution in [1.29, 1.82) is 0 Å². The molecule has 0 saturated carbocycles. The number of ether oxygens (including phenoxy) is 5. The number of cyclic esters (lactones) is 1. The highest BCUT2D eigenvalue weighted by Crippen LogP contribution is 2.48. The highest BCUT2D eigenvalue weighted by molar-refractivity contribution is 5.99. The Hall–Kier alpha value is -3.81. The number of fused-ring (bicyclic) bond motifs is 2. The smallest absolute Gasteiger partial charge is 0.342 e. The van der Waals surface area contributed by atoms with Crippen LogP contribution < -0.4 is 18.9 Å². The molecule has 0 fully saturated rings. The second-order valence-corrected chi connectivity index (χ2v) is 10.5. The molecule has 2 aliphatic heterocycles. The summed E-state index contributed by atoms with van der Waals surface area (Å²) in [7, 11) is 3.08. The summed E-state index contributed by atoms with van der Waals surface area (Å²) in [4.78, 5) is 38.6. The van der Waals surface area contributed by atoms with Crippen LogP contribution >= 0.6 is 0 Å². The van der Waals surface area contributed by atoms with Crippen LogP contribution in [0, 0.1) is 0 Å². The highest BCUT2D eigenvalue weighted by Gasteiger charge is 2.36. The molecule has 2 aromatic rings. The zero-order valence-corrected chi connectivity index (χ0v) is 23.9. The van der Waals surface area contributed by atoms with Crippen LogP contribution in [-0.4, -0.2) is 44.1 Å². The summed E-state index contributed by atoms with van der Waals surface area (Å²) < 4.78 is 28.9. The second-order valence-electron chi connectivity index (χ2n) is 10.5. The maximum Gasteiger partial charge on any atom is 0.342 e. The van der Waals surface area contributed by atoms with Crippen molar-refractivity contribution in [1.82, 2.24) is 0 Å². The summed E-state index contributed by atoms with van der Waals surface area (Å²) in [5.41, 5.74) is 2.22. The number of allylic oxidation sites excluding steroid dienone is 1. The van der Waals surface area contributed by atoms with Gasteiger partial charge in [-0.1, -0.05) is 18.2 Å². The van der Waals surface area contributed by atoms with Gasteiger partial charge in [0, 0.05) is 24.3 Å². The zero-order valence-electron chi connectivity index (χ0n) is 23.9. The van der Waals surface area contributed by atoms with E-state index >= 15 is 0 Å². The van der Waals surface area contributed by atoms with Gasteiger partial charge in [0.1, 0.15) is 22.8 Å². The first-order chi connectivity index (χ1) is 19.2. The summed E-state index contributed by atoms with van der Waals surface area (Å²) >= 11 is 0. The van der Waals surface area contributed by atoms with Crippen LogP contribution in [0.5, 0.6) is 23.0 Å². The summed E-state index contributed by atoms with van der Waals surface area (Å²) in [6, 6.07) is 7.25. The Bertz CT molecular complexity index is 1290. The number of Topliss-reactive ketones (excluding diaryl/α,β-unsaturated/α-hetero) is 1. The van der Waals surface area contributed by atoms with Crippen LogP contribution in [0.15, 0.2) is 30.3 Å². The molecule has 0 amide bonds. The molecule has 0 unspecified atom stereocenters. The quantitative estimate of drug-likeness (QED) is 0.311. The lowest BCUT2D eigenvalue weighted by Crippen LogP contribution is -2.24. The molecule has 2 atom stereocenters. The van der Waals surface area contributed by atoms with Gasteiger partial charge in [-0.15, -0.1) is 0 Å². The molecular weight excluding hydrogens is 512 g/mol. The van der Waals surface area contributed by atoms with Gasteiger partial charge in [-0.05, 0) is 75.8 Å². The molecule has 8 heteroatoms. The number of methoxy groups -OCH3 is 2. The average molecular weight is 551 g/mol. The zero-order chi connectivity index (χ0) is 28.8. The van der Waals surface area contributed by atoms with E-state index in [1.54, 1.807) is 19.3 Å². The lowest BCUT2D eigenvalue weighted by molar-refractivity contribution is -0.135. The minimum absolute atomic E-state index is 0.0604. The average Bonchev–Trinajstić information content (AvgIpc) is 2.90. The van der Waals surface area contributed by atoms with Gasteiger partial charge in [-0.3, -0.25) is 9.59 Å². The van der Waals surface area contributed by atoms with Crippen molar-refractivity contribution < 1.29 is 38.1 Å². The van der Waals surface area contributed by atoms with Gasteiger partial charge in [0.05, 0.1) is 32.8 Å². The van der Waals surface area contributed by atoms with Crippen LogP contribution in [0.4, 0.5) is 0 Å². The number of esters is 2. The van der Waals surface area contributed by atoms with Crippen molar-refractivity contribution >= 4 is 23.8 Å². The van der Waals surface area contributed by atoms with Gasteiger partial charge in [0.2, 0.25) is 0 Å². The van der Waals surface area contributed by atoms with Crippen molar-refractivity contribution in [2.75, 3.05) is 14.2 Å². The fourth-order valence-corrected chi connectivity index (χ4v) is 5.25. The molecule has 4 rings (SSSR count).